The third kappa shape index (κ3) is 2.28. The Morgan fingerprint density at radius 2 is 1.85 bits per heavy atom. The first-order valence-corrected chi connectivity index (χ1v) is 11.1. The van der Waals surface area contributed by atoms with Gasteiger partial charge in [-0.2, -0.15) is 0 Å². The van der Waals surface area contributed by atoms with Gasteiger partial charge >= 0.3 is 0 Å². The van der Waals surface area contributed by atoms with Crippen molar-refractivity contribution in [2.24, 2.45) is 5.41 Å². The second-order valence-corrected chi connectivity index (χ2v) is 11.7. The molecule has 0 saturated carbocycles. The molecule has 3 nitrogen and oxygen atoms in total. The van der Waals surface area contributed by atoms with Crippen molar-refractivity contribution in [2.75, 3.05) is 13.2 Å². The van der Waals surface area contributed by atoms with Crippen LogP contribution in [0.5, 0.6) is 0 Å². The zero-order chi connectivity index (χ0) is 14.4. The first-order valence-electron chi connectivity index (χ1n) is 7.73. The Bertz CT molecular complexity index is 455. The van der Waals surface area contributed by atoms with Crippen LogP contribution in [0.15, 0.2) is 23.5 Å². The van der Waals surface area contributed by atoms with Gasteiger partial charge < -0.3 is 13.9 Å². The van der Waals surface area contributed by atoms with Crippen LogP contribution in [0, 0.1) is 5.41 Å². The summed E-state index contributed by atoms with van der Waals surface area (Å²) in [4.78, 5) is 0. The van der Waals surface area contributed by atoms with Crippen LogP contribution in [0.2, 0.25) is 19.6 Å². The summed E-state index contributed by atoms with van der Waals surface area (Å²) in [6.07, 6.45) is 8.66. The highest BCUT2D eigenvalue weighted by Gasteiger charge is 2.56. The highest BCUT2D eigenvalue weighted by Crippen LogP contribution is 2.55. The zero-order valence-corrected chi connectivity index (χ0v) is 14.1. The molecule has 0 radical (unpaired) electrons. The molecular formula is C16H26O3Si. The van der Waals surface area contributed by atoms with Gasteiger partial charge in [0.1, 0.15) is 0 Å². The number of fused-ring (bicyclic) bond motifs is 2. The maximum atomic E-state index is 6.20. The molecule has 1 spiro atoms. The summed E-state index contributed by atoms with van der Waals surface area (Å²) in [6.45, 7) is 10.5. The van der Waals surface area contributed by atoms with E-state index in [2.05, 4.69) is 38.7 Å². The smallest absolute Gasteiger partial charge is 0.241 e. The predicted octanol–water partition coefficient (Wildman–Crippen LogP) is 3.99. The predicted molar refractivity (Wildman–Crippen MR) is 81.8 cm³/mol. The molecule has 3 aliphatic rings. The van der Waals surface area contributed by atoms with E-state index < -0.39 is 14.1 Å². The van der Waals surface area contributed by atoms with Crippen molar-refractivity contribution < 1.29 is 13.9 Å². The molecule has 0 amide bonds. The van der Waals surface area contributed by atoms with Gasteiger partial charge in [-0.25, -0.2) is 0 Å². The summed E-state index contributed by atoms with van der Waals surface area (Å²) < 4.78 is 18.3. The van der Waals surface area contributed by atoms with E-state index in [1.807, 2.05) is 0 Å². The second-order valence-electron chi connectivity index (χ2n) is 7.31. The standard InChI is InChI=1S/C16H26O3Si/c1-15-9-7-14(19-20(2,3)4)12-13(15)6-5-8-16(15)17-10-11-18-16/h6,12H,5,7-11H2,1-4H3/t15-/m0/s1. The van der Waals surface area contributed by atoms with Gasteiger partial charge in [0, 0.05) is 18.3 Å². The molecule has 0 aromatic carbocycles. The lowest BCUT2D eigenvalue weighted by Gasteiger charge is -2.50. The van der Waals surface area contributed by atoms with E-state index in [1.165, 1.54) is 5.57 Å². The molecular weight excluding hydrogens is 268 g/mol. The lowest BCUT2D eigenvalue weighted by molar-refractivity contribution is -0.230. The van der Waals surface area contributed by atoms with Crippen molar-refractivity contribution in [3.63, 3.8) is 0 Å². The Morgan fingerprint density at radius 1 is 1.15 bits per heavy atom. The van der Waals surface area contributed by atoms with Gasteiger partial charge in [0.2, 0.25) is 8.32 Å². The van der Waals surface area contributed by atoms with Crippen LogP contribution < -0.4 is 0 Å². The Balaban J connectivity index is 1.90. The minimum atomic E-state index is -1.52. The summed E-state index contributed by atoms with van der Waals surface area (Å²) in [6, 6.07) is 0. The van der Waals surface area contributed by atoms with Crippen LogP contribution in [-0.4, -0.2) is 27.3 Å². The average molecular weight is 294 g/mol. The number of hydrogen-bond donors (Lipinski definition) is 0. The maximum Gasteiger partial charge on any atom is 0.241 e. The Labute approximate surface area is 123 Å². The van der Waals surface area contributed by atoms with Crippen molar-refractivity contribution in [1.29, 1.82) is 0 Å². The van der Waals surface area contributed by atoms with Crippen LogP contribution in [0.25, 0.3) is 0 Å². The Morgan fingerprint density at radius 3 is 2.50 bits per heavy atom. The average Bonchev–Trinajstić information content (AvgIpc) is 2.80. The number of ether oxygens (including phenoxy) is 2. The van der Waals surface area contributed by atoms with Gasteiger partial charge in [-0.05, 0) is 44.1 Å². The van der Waals surface area contributed by atoms with Gasteiger partial charge in [-0.15, -0.1) is 0 Å². The number of rotatable bonds is 2. The van der Waals surface area contributed by atoms with Crippen molar-refractivity contribution in [3.8, 4) is 0 Å². The summed E-state index contributed by atoms with van der Waals surface area (Å²) in [5.74, 6) is 0.765. The van der Waals surface area contributed by atoms with Crippen LogP contribution in [0.4, 0.5) is 0 Å². The fraction of sp³-hybridized carbons (Fsp3) is 0.750. The van der Waals surface area contributed by atoms with Crippen LogP contribution in [-0.2, 0) is 13.9 Å². The van der Waals surface area contributed by atoms with Gasteiger partial charge in [0.25, 0.3) is 0 Å². The molecule has 0 aromatic heterocycles. The summed E-state index contributed by atoms with van der Waals surface area (Å²) in [7, 11) is -1.52. The largest absolute Gasteiger partial charge is 0.547 e. The van der Waals surface area contributed by atoms with Crippen LogP contribution >= 0.6 is 0 Å². The second kappa shape index (κ2) is 4.72. The Hall–Kier alpha value is -0.583. The molecule has 0 bridgehead atoms. The third-order valence-electron chi connectivity index (χ3n) is 4.69. The van der Waals surface area contributed by atoms with E-state index in [0.717, 1.165) is 44.7 Å². The molecule has 1 atom stereocenters. The molecule has 4 heteroatoms. The van der Waals surface area contributed by atoms with Crippen molar-refractivity contribution in [3.05, 3.63) is 23.5 Å². The molecule has 3 rings (SSSR count). The quantitative estimate of drug-likeness (QED) is 0.721. The zero-order valence-electron chi connectivity index (χ0n) is 13.1. The van der Waals surface area contributed by atoms with Crippen LogP contribution in [0.3, 0.4) is 0 Å². The lowest BCUT2D eigenvalue weighted by atomic mass is 9.64. The minimum absolute atomic E-state index is 0.0198. The summed E-state index contributed by atoms with van der Waals surface area (Å²) >= 11 is 0. The molecule has 2 aliphatic carbocycles. The first kappa shape index (κ1) is 14.4. The van der Waals surface area contributed by atoms with E-state index in [0.29, 0.717) is 0 Å². The van der Waals surface area contributed by atoms with E-state index in [9.17, 15) is 0 Å². The highest BCUT2D eigenvalue weighted by molar-refractivity contribution is 6.70. The third-order valence-corrected chi connectivity index (χ3v) is 5.57. The highest BCUT2D eigenvalue weighted by atomic mass is 28.4. The van der Waals surface area contributed by atoms with E-state index in [4.69, 9.17) is 13.9 Å². The van der Waals surface area contributed by atoms with Crippen molar-refractivity contribution >= 4 is 8.32 Å². The summed E-state index contributed by atoms with van der Waals surface area (Å²) in [5.41, 5.74) is 1.33. The van der Waals surface area contributed by atoms with Crippen molar-refractivity contribution in [2.45, 2.75) is 58.0 Å². The number of allylic oxidation sites excluding steroid dienone is 3. The fourth-order valence-electron chi connectivity index (χ4n) is 3.70. The van der Waals surface area contributed by atoms with E-state index >= 15 is 0 Å². The van der Waals surface area contributed by atoms with Gasteiger partial charge in [-0.3, -0.25) is 0 Å². The van der Waals surface area contributed by atoms with Gasteiger partial charge in [0.05, 0.1) is 19.0 Å². The van der Waals surface area contributed by atoms with E-state index in [1.54, 1.807) is 0 Å². The summed E-state index contributed by atoms with van der Waals surface area (Å²) in [5, 5.41) is 0. The number of hydrogen-bond acceptors (Lipinski definition) is 3. The van der Waals surface area contributed by atoms with Gasteiger partial charge in [0.15, 0.2) is 5.79 Å². The molecule has 1 aliphatic heterocycles. The monoisotopic (exact) mass is 294 g/mol. The molecule has 20 heavy (non-hydrogen) atoms. The molecule has 1 saturated heterocycles. The molecule has 0 unspecified atom stereocenters. The Kier molecular flexibility index (Phi) is 3.39. The van der Waals surface area contributed by atoms with E-state index in [-0.39, 0.29) is 5.41 Å². The molecule has 1 fully saturated rings. The van der Waals surface area contributed by atoms with Crippen LogP contribution in [0.1, 0.15) is 32.6 Å². The molecule has 1 heterocycles. The maximum absolute atomic E-state index is 6.20. The fourth-order valence-corrected chi connectivity index (χ4v) is 4.65. The lowest BCUT2D eigenvalue weighted by Crippen LogP contribution is -2.51. The van der Waals surface area contributed by atoms with Gasteiger partial charge in [-0.1, -0.05) is 13.0 Å². The molecule has 112 valence electrons. The molecule has 0 aromatic rings. The minimum Gasteiger partial charge on any atom is -0.547 e. The molecule has 0 N–H and O–H groups in total. The normalized spacial score (nSPS) is 32.6. The topological polar surface area (TPSA) is 27.7 Å². The SMILES string of the molecule is C[C@]12CCC(O[Si](C)(C)C)=CC1=CCCC21OCCO1. The first-order chi connectivity index (χ1) is 9.35. The van der Waals surface area contributed by atoms with Crippen molar-refractivity contribution in [1.82, 2.24) is 0 Å².